The van der Waals surface area contributed by atoms with Gasteiger partial charge in [-0.1, -0.05) is 22.0 Å². The third kappa shape index (κ3) is 4.06. The Morgan fingerprint density at radius 3 is 2.78 bits per heavy atom. The lowest BCUT2D eigenvalue weighted by atomic mass is 10.2. The van der Waals surface area contributed by atoms with Gasteiger partial charge in [0.05, 0.1) is 4.92 Å². The van der Waals surface area contributed by atoms with E-state index in [9.17, 15) is 19.3 Å². The van der Waals surface area contributed by atoms with Crippen LogP contribution >= 0.6 is 15.9 Å². The number of hydrogen-bond donors (Lipinski definition) is 1. The van der Waals surface area contributed by atoms with Gasteiger partial charge in [-0.2, -0.15) is 0 Å². The van der Waals surface area contributed by atoms with Crippen molar-refractivity contribution in [1.29, 1.82) is 0 Å². The average Bonchev–Trinajstić information content (AvgIpc) is 2.31. The van der Waals surface area contributed by atoms with Crippen LogP contribution in [0.2, 0.25) is 0 Å². The molecule has 0 saturated carbocycles. The zero-order valence-electron chi connectivity index (χ0n) is 9.49. The maximum atomic E-state index is 13.4. The predicted octanol–water partition coefficient (Wildman–Crippen LogP) is 3.24. The standard InChI is InChI=1S/C11H12BrFN2O3/c12-7-2-1-6-10(16)14-11-8(13)4-3-5-9(11)15(17)18/h3-5H,1-2,6-7H2,(H,14,16). The van der Waals surface area contributed by atoms with Gasteiger partial charge in [0.15, 0.2) is 11.5 Å². The van der Waals surface area contributed by atoms with E-state index in [1.165, 1.54) is 6.07 Å². The Labute approximate surface area is 112 Å². The molecular weight excluding hydrogens is 307 g/mol. The van der Waals surface area contributed by atoms with Gasteiger partial charge in [0.1, 0.15) is 0 Å². The molecule has 1 amide bonds. The molecule has 5 nitrogen and oxygen atoms in total. The van der Waals surface area contributed by atoms with Crippen LogP contribution in [0.15, 0.2) is 18.2 Å². The van der Waals surface area contributed by atoms with E-state index in [4.69, 9.17) is 0 Å². The molecule has 18 heavy (non-hydrogen) atoms. The summed E-state index contributed by atoms with van der Waals surface area (Å²) in [6.45, 7) is 0. The van der Waals surface area contributed by atoms with Gasteiger partial charge in [0.25, 0.3) is 5.69 Å². The van der Waals surface area contributed by atoms with Gasteiger partial charge < -0.3 is 5.32 Å². The number of halogens is 2. The second-order valence-electron chi connectivity index (χ2n) is 3.59. The highest BCUT2D eigenvalue weighted by Gasteiger charge is 2.19. The molecule has 0 radical (unpaired) electrons. The zero-order chi connectivity index (χ0) is 13.5. The van der Waals surface area contributed by atoms with E-state index >= 15 is 0 Å². The van der Waals surface area contributed by atoms with E-state index in [0.29, 0.717) is 6.42 Å². The molecule has 7 heteroatoms. The molecule has 0 spiro atoms. The molecule has 0 aliphatic heterocycles. The number of carbonyl (C=O) groups excluding carboxylic acids is 1. The van der Waals surface area contributed by atoms with Crippen LogP contribution in [0.1, 0.15) is 19.3 Å². The summed E-state index contributed by atoms with van der Waals surface area (Å²) < 4.78 is 13.4. The van der Waals surface area contributed by atoms with Crippen LogP contribution in [0.4, 0.5) is 15.8 Å². The minimum atomic E-state index is -0.807. The molecule has 1 aromatic carbocycles. The molecule has 0 aromatic heterocycles. The number of hydrogen-bond acceptors (Lipinski definition) is 3. The summed E-state index contributed by atoms with van der Waals surface area (Å²) >= 11 is 3.23. The Morgan fingerprint density at radius 2 is 2.17 bits per heavy atom. The molecule has 0 fully saturated rings. The van der Waals surface area contributed by atoms with Crippen LogP contribution < -0.4 is 5.32 Å². The van der Waals surface area contributed by atoms with Crippen molar-refractivity contribution in [3.05, 3.63) is 34.1 Å². The Bertz CT molecular complexity index is 454. The third-order valence-electron chi connectivity index (χ3n) is 2.24. The van der Waals surface area contributed by atoms with Gasteiger partial charge in [-0.25, -0.2) is 4.39 Å². The molecule has 0 bridgehead atoms. The van der Waals surface area contributed by atoms with E-state index in [0.717, 1.165) is 23.9 Å². The molecule has 98 valence electrons. The van der Waals surface area contributed by atoms with E-state index < -0.39 is 22.3 Å². The normalized spacial score (nSPS) is 10.1. The topological polar surface area (TPSA) is 72.2 Å². The maximum Gasteiger partial charge on any atom is 0.295 e. The summed E-state index contributed by atoms with van der Waals surface area (Å²) in [6.07, 6.45) is 1.66. The summed E-state index contributed by atoms with van der Waals surface area (Å²) in [5, 5.41) is 13.7. The molecule has 0 unspecified atom stereocenters. The predicted molar refractivity (Wildman–Crippen MR) is 69.3 cm³/mol. The fraction of sp³-hybridized carbons (Fsp3) is 0.364. The Hall–Kier alpha value is -1.50. The van der Waals surface area contributed by atoms with Crippen molar-refractivity contribution in [2.75, 3.05) is 10.6 Å². The first kappa shape index (κ1) is 14.6. The number of nitro groups is 1. The summed E-state index contributed by atoms with van der Waals surface area (Å²) in [6, 6.07) is 3.45. The van der Waals surface area contributed by atoms with Crippen molar-refractivity contribution >= 4 is 33.2 Å². The SMILES string of the molecule is O=C(CCCCBr)Nc1c(F)cccc1[N+](=O)[O-]. The molecule has 0 saturated heterocycles. The molecule has 0 heterocycles. The lowest BCUT2D eigenvalue weighted by Crippen LogP contribution is -2.13. The highest BCUT2D eigenvalue weighted by Crippen LogP contribution is 2.27. The van der Waals surface area contributed by atoms with Gasteiger partial charge in [-0.3, -0.25) is 14.9 Å². The number of amides is 1. The number of nitro benzene ring substituents is 1. The summed E-state index contributed by atoms with van der Waals surface area (Å²) in [5.41, 5.74) is -0.810. The summed E-state index contributed by atoms with van der Waals surface area (Å²) in [4.78, 5) is 21.5. The first-order valence-corrected chi connectivity index (χ1v) is 6.47. The van der Waals surface area contributed by atoms with Gasteiger partial charge in [0, 0.05) is 17.8 Å². The fourth-order valence-corrected chi connectivity index (χ4v) is 1.77. The highest BCUT2D eigenvalue weighted by molar-refractivity contribution is 9.09. The zero-order valence-corrected chi connectivity index (χ0v) is 11.1. The second-order valence-corrected chi connectivity index (χ2v) is 4.38. The van der Waals surface area contributed by atoms with Crippen molar-refractivity contribution < 1.29 is 14.1 Å². The minimum absolute atomic E-state index is 0.205. The molecule has 1 N–H and O–H groups in total. The van der Waals surface area contributed by atoms with Crippen LogP contribution in [-0.2, 0) is 4.79 Å². The fourth-order valence-electron chi connectivity index (χ4n) is 1.37. The van der Waals surface area contributed by atoms with Gasteiger partial charge >= 0.3 is 0 Å². The van der Waals surface area contributed by atoms with E-state index in [2.05, 4.69) is 21.2 Å². The second kappa shape index (κ2) is 7.05. The number of nitrogens with zero attached hydrogens (tertiary/aromatic N) is 1. The number of unbranched alkanes of at least 4 members (excludes halogenated alkanes) is 1. The van der Waals surface area contributed by atoms with Gasteiger partial charge in [-0.15, -0.1) is 0 Å². The molecule has 0 aliphatic rings. The van der Waals surface area contributed by atoms with Crippen LogP contribution in [-0.4, -0.2) is 16.2 Å². The van der Waals surface area contributed by atoms with Crippen LogP contribution in [0.3, 0.4) is 0 Å². The van der Waals surface area contributed by atoms with Gasteiger partial charge in [-0.05, 0) is 18.9 Å². The summed E-state index contributed by atoms with van der Waals surface area (Å²) in [7, 11) is 0. The maximum absolute atomic E-state index is 13.4. The van der Waals surface area contributed by atoms with Crippen molar-refractivity contribution in [2.45, 2.75) is 19.3 Å². The Morgan fingerprint density at radius 1 is 1.44 bits per heavy atom. The largest absolute Gasteiger partial charge is 0.318 e. The number of nitrogens with one attached hydrogen (secondary N) is 1. The lowest BCUT2D eigenvalue weighted by molar-refractivity contribution is -0.384. The number of carbonyl (C=O) groups is 1. The van der Waals surface area contributed by atoms with Crippen molar-refractivity contribution in [2.24, 2.45) is 0 Å². The molecule has 0 atom stereocenters. The molecule has 0 aliphatic carbocycles. The van der Waals surface area contributed by atoms with Crippen LogP contribution in [0, 0.1) is 15.9 Å². The first-order chi connectivity index (χ1) is 8.56. The third-order valence-corrected chi connectivity index (χ3v) is 2.80. The van der Waals surface area contributed by atoms with Crippen molar-refractivity contribution in [3.63, 3.8) is 0 Å². The first-order valence-electron chi connectivity index (χ1n) is 5.35. The Kier molecular flexibility index (Phi) is 5.70. The van der Waals surface area contributed by atoms with Crippen LogP contribution in [0.25, 0.3) is 0 Å². The molecule has 1 aromatic rings. The Balaban J connectivity index is 2.77. The van der Waals surface area contributed by atoms with E-state index in [1.54, 1.807) is 0 Å². The lowest BCUT2D eigenvalue weighted by Gasteiger charge is -2.06. The minimum Gasteiger partial charge on any atom is -0.318 e. The average molecular weight is 319 g/mol. The number of benzene rings is 1. The van der Waals surface area contributed by atoms with Crippen molar-refractivity contribution in [1.82, 2.24) is 0 Å². The highest BCUT2D eigenvalue weighted by atomic mass is 79.9. The number of alkyl halides is 1. The number of anilines is 1. The molecular formula is C11H12BrFN2O3. The van der Waals surface area contributed by atoms with Gasteiger partial charge in [0.2, 0.25) is 5.91 Å². The van der Waals surface area contributed by atoms with Crippen molar-refractivity contribution in [3.8, 4) is 0 Å². The summed E-state index contributed by atoms with van der Waals surface area (Å²) in [5.74, 6) is -1.23. The quantitative estimate of drug-likeness (QED) is 0.379. The molecule has 1 rings (SSSR count). The smallest absolute Gasteiger partial charge is 0.295 e. The van der Waals surface area contributed by atoms with Crippen LogP contribution in [0.5, 0.6) is 0 Å². The number of rotatable bonds is 6. The van der Waals surface area contributed by atoms with E-state index in [1.807, 2.05) is 0 Å². The monoisotopic (exact) mass is 318 g/mol. The number of para-hydroxylation sites is 1. The van der Waals surface area contributed by atoms with E-state index in [-0.39, 0.29) is 12.1 Å².